The molecule has 19 heteroatoms. The minimum Gasteiger partial charge on any atom is -0.496 e. The number of fused-ring (bicyclic) bond motifs is 2. The molecule has 1 saturated carbocycles. The maximum atomic E-state index is 14.7. The Bertz CT molecular complexity index is 3330. The molecule has 2 unspecified atom stereocenters. The van der Waals surface area contributed by atoms with E-state index < -0.39 is 16.0 Å². The molecule has 3 aliphatic heterocycles. The van der Waals surface area contributed by atoms with E-state index in [1.807, 2.05) is 32.1 Å². The van der Waals surface area contributed by atoms with Crippen LogP contribution < -0.4 is 25.0 Å². The number of hydrogen-bond acceptors (Lipinski definition) is 15. The van der Waals surface area contributed by atoms with Gasteiger partial charge in [-0.2, -0.15) is 13.5 Å². The Morgan fingerprint density at radius 1 is 0.939 bits per heavy atom. The number of azo groups is 1. The highest BCUT2D eigenvalue weighted by Crippen LogP contribution is 2.46. The van der Waals surface area contributed by atoms with Crippen molar-refractivity contribution in [1.29, 1.82) is 5.53 Å². The molecule has 2 amide bonds. The van der Waals surface area contributed by atoms with Crippen LogP contribution in [0.3, 0.4) is 0 Å². The van der Waals surface area contributed by atoms with Crippen molar-refractivity contribution in [3.8, 4) is 11.5 Å². The summed E-state index contributed by atoms with van der Waals surface area (Å²) in [6.45, 7) is 26.0. The van der Waals surface area contributed by atoms with Crippen molar-refractivity contribution in [1.82, 2.24) is 0 Å². The number of hydrogen-bond donors (Lipinski definition) is 4. The predicted octanol–water partition coefficient (Wildman–Crippen LogP) is 16.1. The number of allylic oxidation sites excluding steroid dienone is 5. The topological polar surface area (TPSA) is 208 Å². The number of piperidine rings is 1. The number of rotatable bonds is 23. The number of methoxy groups -OCH3 is 2. The lowest BCUT2D eigenvalue weighted by atomic mass is 9.88. The summed E-state index contributed by atoms with van der Waals surface area (Å²) in [6, 6.07) is 12.7. The minimum absolute atomic E-state index is 0.0205. The van der Waals surface area contributed by atoms with Crippen molar-refractivity contribution < 1.29 is 36.5 Å². The normalized spacial score (nSPS) is 19.0. The van der Waals surface area contributed by atoms with Crippen LogP contribution in [0.2, 0.25) is 0 Å². The van der Waals surface area contributed by atoms with E-state index in [4.69, 9.17) is 30.2 Å². The number of thioether (sulfide) groups is 2. The number of benzene rings is 3. The van der Waals surface area contributed by atoms with Crippen LogP contribution in [-0.2, 0) is 19.7 Å². The van der Waals surface area contributed by atoms with Gasteiger partial charge in [-0.15, -0.1) is 22.0 Å². The molecule has 1 spiro atoms. The number of quaternary nitrogens is 1. The summed E-state index contributed by atoms with van der Waals surface area (Å²) in [5, 5.41) is 21.1. The molecule has 0 radical (unpaired) electrons. The molecule has 0 aromatic heterocycles. The smallest absolute Gasteiger partial charge is 0.351 e. The van der Waals surface area contributed by atoms with Gasteiger partial charge in [-0.1, -0.05) is 101 Å². The zero-order chi connectivity index (χ0) is 59.3. The summed E-state index contributed by atoms with van der Waals surface area (Å²) in [6.07, 6.45) is 18.6. The predicted molar refractivity (Wildman–Crippen MR) is 336 cm³/mol. The first kappa shape index (κ1) is 63.0. The third kappa shape index (κ3) is 14.6. The number of carbonyl (C=O) groups is 2. The molecule has 4 aliphatic rings. The molecule has 436 valence electrons. The second kappa shape index (κ2) is 28.6. The Hall–Kier alpha value is -6.60. The van der Waals surface area contributed by atoms with Crippen LogP contribution in [0, 0.1) is 5.53 Å². The lowest BCUT2D eigenvalue weighted by Crippen LogP contribution is -2.68. The first-order chi connectivity index (χ1) is 39.4. The quantitative estimate of drug-likeness (QED) is 0.0103. The SMILES string of the molecule is C=C(N=C(SC1CCCCC1)C(CC)=C(C=Cc1cc(N(CC)CC)c(OC)cc1N=NC1=C=C(C)C2C(C=C(C(=O)Nc3cccc(S(=O)(=O)O)c3)C(=O)[N+]23CCCCC3)S1)C(=C)C)Nc1cc(C(=CCC)CC)c(OC)cc1N=N. The van der Waals surface area contributed by atoms with Gasteiger partial charge in [0.2, 0.25) is 0 Å². The number of anilines is 3. The summed E-state index contributed by atoms with van der Waals surface area (Å²) in [7, 11) is -1.27. The first-order valence-corrected chi connectivity index (χ1v) is 31.7. The van der Waals surface area contributed by atoms with E-state index in [-0.39, 0.29) is 37.8 Å². The van der Waals surface area contributed by atoms with Crippen LogP contribution in [0.5, 0.6) is 11.5 Å². The van der Waals surface area contributed by atoms with Gasteiger partial charge in [0.25, 0.3) is 16.0 Å². The molecule has 3 aromatic carbocycles. The van der Waals surface area contributed by atoms with E-state index in [1.54, 1.807) is 38.1 Å². The Labute approximate surface area is 493 Å². The van der Waals surface area contributed by atoms with Gasteiger partial charge in [0, 0.05) is 52.9 Å². The Morgan fingerprint density at radius 3 is 2.26 bits per heavy atom. The van der Waals surface area contributed by atoms with Crippen molar-refractivity contribution in [2.75, 3.05) is 55.9 Å². The van der Waals surface area contributed by atoms with Gasteiger partial charge < -0.3 is 25.0 Å². The molecular formula is C63H80N9O7S3+. The van der Waals surface area contributed by atoms with Gasteiger partial charge >= 0.3 is 5.91 Å². The van der Waals surface area contributed by atoms with Crippen LogP contribution in [0.4, 0.5) is 28.4 Å². The average molecular weight is 1170 g/mol. The van der Waals surface area contributed by atoms with E-state index in [2.05, 4.69) is 92.4 Å². The molecule has 3 aromatic rings. The maximum Gasteiger partial charge on any atom is 0.351 e. The molecule has 3 heterocycles. The van der Waals surface area contributed by atoms with Crippen LogP contribution in [0.25, 0.3) is 11.6 Å². The largest absolute Gasteiger partial charge is 0.496 e. The molecular weight excluding hydrogens is 1090 g/mol. The number of nitrogens with one attached hydrogen (secondary N) is 3. The fraction of sp³-hybridized carbons (Fsp3) is 0.429. The number of carbonyl (C=O) groups excluding carboxylic acids is 2. The fourth-order valence-electron chi connectivity index (χ4n) is 11.5. The molecule has 2 atom stereocenters. The van der Waals surface area contributed by atoms with Crippen LogP contribution in [-0.4, -0.2) is 91.3 Å². The lowest BCUT2D eigenvalue weighted by molar-refractivity contribution is -0.877. The lowest BCUT2D eigenvalue weighted by Gasteiger charge is -2.49. The van der Waals surface area contributed by atoms with E-state index in [1.165, 1.54) is 36.4 Å². The van der Waals surface area contributed by atoms with Crippen molar-refractivity contribution in [2.24, 2.45) is 20.3 Å². The third-order valence-electron chi connectivity index (χ3n) is 15.5. The van der Waals surface area contributed by atoms with Gasteiger partial charge in [0.05, 0.1) is 54.5 Å². The highest BCUT2D eigenvalue weighted by atomic mass is 32.2. The molecule has 7 rings (SSSR count). The first-order valence-electron chi connectivity index (χ1n) is 28.5. The minimum atomic E-state index is -4.54. The molecule has 0 bridgehead atoms. The fourth-order valence-corrected chi connectivity index (χ4v) is 14.8. The van der Waals surface area contributed by atoms with Gasteiger partial charge in [0.1, 0.15) is 39.7 Å². The summed E-state index contributed by atoms with van der Waals surface area (Å²) in [4.78, 5) is 35.9. The highest BCUT2D eigenvalue weighted by molar-refractivity contribution is 8.15. The molecule has 16 nitrogen and oxygen atoms in total. The summed E-state index contributed by atoms with van der Waals surface area (Å²) < 4.78 is 45.5. The molecule has 82 heavy (non-hydrogen) atoms. The van der Waals surface area contributed by atoms with Crippen molar-refractivity contribution >= 4 is 90.6 Å². The summed E-state index contributed by atoms with van der Waals surface area (Å²) >= 11 is 3.18. The van der Waals surface area contributed by atoms with E-state index in [9.17, 15) is 22.6 Å². The summed E-state index contributed by atoms with van der Waals surface area (Å²) in [5.41, 5.74) is 20.6. The standard InChI is InChI=1S/C63H79N9O7S3/c1-12-24-43(13-2)50-36-53(54(68-64)39-56(50)78-10)65-42(9)66-62(80-46-26-19-17-20-27-46)48(14-3)49(40(6)7)30-29-44-34-55(71(15-4)16-5)57(79-11)38-52(44)69-70-59-33-41(8)60-58(81-59)37-51(63(74)72(60)31-21-18-22-32-72)61(73)67-45-25-23-28-47(35-45)82(75,76)77/h23-25,28-30,34-39,46,58,60H,6,9,12-22,26-27,31-32H2,1-5,7-8,10-11H3,(H3-,64,65,67,73,75,76,77)/p+1. The van der Waals surface area contributed by atoms with Gasteiger partial charge in [0.15, 0.2) is 5.03 Å². The Balaban J connectivity index is 1.30. The van der Waals surface area contributed by atoms with Crippen LogP contribution in [0.15, 0.2) is 150 Å². The van der Waals surface area contributed by atoms with Crippen LogP contribution in [0.1, 0.15) is 130 Å². The Kier molecular flexibility index (Phi) is 22.0. The number of ether oxygens (including phenoxy) is 2. The second-order valence-electron chi connectivity index (χ2n) is 20.9. The number of amides is 2. The highest BCUT2D eigenvalue weighted by Gasteiger charge is 2.56. The van der Waals surface area contributed by atoms with E-state index >= 15 is 0 Å². The number of nitrogens with zero attached hydrogens (tertiary/aromatic N) is 6. The van der Waals surface area contributed by atoms with Gasteiger partial charge in [-0.05, 0) is 132 Å². The average Bonchev–Trinajstić information content (AvgIpc) is 3.59. The molecule has 2 fully saturated rings. The molecule has 4 N–H and O–H groups in total. The molecule has 1 saturated heterocycles. The maximum absolute atomic E-state index is 14.7. The third-order valence-corrected chi connectivity index (χ3v) is 18.8. The zero-order valence-electron chi connectivity index (χ0n) is 49.0. The van der Waals surface area contributed by atoms with E-state index in [0.29, 0.717) is 64.2 Å². The van der Waals surface area contributed by atoms with Gasteiger partial charge in [-0.3, -0.25) is 9.35 Å². The zero-order valence-corrected chi connectivity index (χ0v) is 51.4. The molecule has 1 aliphatic carbocycles. The number of aliphatic imine (C=N–C) groups is 1. The van der Waals surface area contributed by atoms with Crippen molar-refractivity contribution in [3.63, 3.8) is 0 Å². The second-order valence-corrected chi connectivity index (χ2v) is 24.8. The van der Waals surface area contributed by atoms with Crippen molar-refractivity contribution in [2.45, 2.75) is 141 Å². The monoisotopic (exact) mass is 1170 g/mol. The summed E-state index contributed by atoms with van der Waals surface area (Å²) in [5.74, 6) is 0.720. The Morgan fingerprint density at radius 2 is 1.63 bits per heavy atom. The van der Waals surface area contributed by atoms with E-state index in [0.717, 1.165) is 127 Å². The van der Waals surface area contributed by atoms with Crippen LogP contribution >= 0.6 is 23.5 Å². The van der Waals surface area contributed by atoms with Crippen molar-refractivity contribution in [3.05, 3.63) is 135 Å². The van der Waals surface area contributed by atoms with Gasteiger partial charge in [-0.25, -0.2) is 19.8 Å².